The van der Waals surface area contributed by atoms with Gasteiger partial charge in [0.25, 0.3) is 0 Å². The summed E-state index contributed by atoms with van der Waals surface area (Å²) in [5.74, 6) is -0.315. The largest absolute Gasteiger partial charge is 0.371 e. The van der Waals surface area contributed by atoms with Gasteiger partial charge in [0.1, 0.15) is 0 Å². The quantitative estimate of drug-likeness (QED) is 0.739. The van der Waals surface area contributed by atoms with E-state index in [1.807, 2.05) is 37.3 Å². The molecule has 0 aromatic heterocycles. The Morgan fingerprint density at radius 2 is 2.07 bits per heavy atom. The summed E-state index contributed by atoms with van der Waals surface area (Å²) < 4.78 is 0. The highest BCUT2D eigenvalue weighted by atomic mass is 16.7. The Kier molecular flexibility index (Phi) is 4.13. The van der Waals surface area contributed by atoms with E-state index >= 15 is 0 Å². The summed E-state index contributed by atoms with van der Waals surface area (Å²) in [5.41, 5.74) is 3.90. The van der Waals surface area contributed by atoms with Gasteiger partial charge < -0.3 is 4.84 Å². The van der Waals surface area contributed by atoms with Crippen molar-refractivity contribution in [1.82, 2.24) is 5.48 Å². The van der Waals surface area contributed by atoms with E-state index in [1.54, 1.807) is 0 Å². The number of carbonyl (C=O) groups excluding carboxylic acids is 1. The number of rotatable bonds is 4. The Bertz CT molecular complexity index is 285. The van der Waals surface area contributed by atoms with Crippen molar-refractivity contribution in [3.05, 3.63) is 35.9 Å². The van der Waals surface area contributed by atoms with Crippen LogP contribution in [0.15, 0.2) is 30.3 Å². The van der Waals surface area contributed by atoms with Crippen LogP contribution in [0.4, 0.5) is 0 Å². The number of hydroxylamine groups is 1. The van der Waals surface area contributed by atoms with Gasteiger partial charge in [-0.3, -0.25) is 4.79 Å². The predicted octanol–water partition coefficient (Wildman–Crippen LogP) is 1.69. The van der Waals surface area contributed by atoms with Gasteiger partial charge in [0.05, 0.1) is 0 Å². The van der Waals surface area contributed by atoms with Crippen LogP contribution in [-0.2, 0) is 16.1 Å². The molecular weight excluding hydrogens is 178 g/mol. The lowest BCUT2D eigenvalue weighted by Crippen LogP contribution is -2.29. The van der Waals surface area contributed by atoms with Gasteiger partial charge in [-0.15, -0.1) is 5.48 Å². The lowest BCUT2D eigenvalue weighted by atomic mass is 10.1. The molecule has 0 aliphatic heterocycles. The van der Waals surface area contributed by atoms with E-state index in [0.29, 0.717) is 0 Å². The standard InChI is InChI=1S/C11H15NO2/c1-9(12-14-10(2)13)8-11-6-4-3-5-7-11/h3-7,9,12H,8H2,1-2H3. The van der Waals surface area contributed by atoms with Crippen LogP contribution in [0.3, 0.4) is 0 Å². The summed E-state index contributed by atoms with van der Waals surface area (Å²) in [4.78, 5) is 15.2. The third kappa shape index (κ3) is 4.05. The predicted molar refractivity (Wildman–Crippen MR) is 54.5 cm³/mol. The highest BCUT2D eigenvalue weighted by Crippen LogP contribution is 2.02. The van der Waals surface area contributed by atoms with Gasteiger partial charge in [0, 0.05) is 13.0 Å². The average Bonchev–Trinajstić information content (AvgIpc) is 2.16. The maximum atomic E-state index is 10.5. The van der Waals surface area contributed by atoms with Crippen molar-refractivity contribution < 1.29 is 9.63 Å². The monoisotopic (exact) mass is 193 g/mol. The second-order valence-electron chi connectivity index (χ2n) is 3.30. The van der Waals surface area contributed by atoms with Crippen molar-refractivity contribution in [1.29, 1.82) is 0 Å². The van der Waals surface area contributed by atoms with Gasteiger partial charge in [-0.05, 0) is 18.9 Å². The molecule has 0 fully saturated rings. The summed E-state index contributed by atoms with van der Waals surface area (Å²) >= 11 is 0. The molecule has 0 bridgehead atoms. The first-order chi connectivity index (χ1) is 6.68. The van der Waals surface area contributed by atoms with E-state index in [9.17, 15) is 4.79 Å². The van der Waals surface area contributed by atoms with Gasteiger partial charge in [0.2, 0.25) is 0 Å². The van der Waals surface area contributed by atoms with Crippen LogP contribution in [0.25, 0.3) is 0 Å². The maximum Gasteiger partial charge on any atom is 0.321 e. The molecule has 0 radical (unpaired) electrons. The van der Waals surface area contributed by atoms with Crippen LogP contribution >= 0.6 is 0 Å². The summed E-state index contributed by atoms with van der Waals surface area (Å²) in [7, 11) is 0. The lowest BCUT2D eigenvalue weighted by Gasteiger charge is -2.12. The Hall–Kier alpha value is -1.35. The van der Waals surface area contributed by atoms with Crippen LogP contribution in [0.1, 0.15) is 19.4 Å². The topological polar surface area (TPSA) is 38.3 Å². The summed E-state index contributed by atoms with van der Waals surface area (Å²) in [6.07, 6.45) is 0.841. The number of nitrogens with one attached hydrogen (secondary N) is 1. The third-order valence-electron chi connectivity index (χ3n) is 1.79. The number of hydrogen-bond donors (Lipinski definition) is 1. The van der Waals surface area contributed by atoms with Crippen molar-refractivity contribution in [2.45, 2.75) is 26.3 Å². The lowest BCUT2D eigenvalue weighted by molar-refractivity contribution is -0.149. The fraction of sp³-hybridized carbons (Fsp3) is 0.364. The van der Waals surface area contributed by atoms with Crippen molar-refractivity contribution in [3.8, 4) is 0 Å². The van der Waals surface area contributed by atoms with Gasteiger partial charge in [0.15, 0.2) is 0 Å². The molecule has 1 N–H and O–H groups in total. The molecule has 0 aliphatic rings. The van der Waals surface area contributed by atoms with Crippen LogP contribution in [0, 0.1) is 0 Å². The Balaban J connectivity index is 2.34. The molecule has 0 heterocycles. The van der Waals surface area contributed by atoms with Crippen molar-refractivity contribution in [2.24, 2.45) is 0 Å². The molecule has 0 amide bonds. The van der Waals surface area contributed by atoms with E-state index in [1.165, 1.54) is 12.5 Å². The zero-order chi connectivity index (χ0) is 10.4. The van der Waals surface area contributed by atoms with E-state index in [0.717, 1.165) is 6.42 Å². The van der Waals surface area contributed by atoms with Crippen LogP contribution in [0.2, 0.25) is 0 Å². The first-order valence-corrected chi connectivity index (χ1v) is 4.65. The molecule has 1 aromatic rings. The molecule has 1 atom stereocenters. The zero-order valence-corrected chi connectivity index (χ0v) is 8.49. The molecule has 3 heteroatoms. The maximum absolute atomic E-state index is 10.5. The fourth-order valence-electron chi connectivity index (χ4n) is 1.19. The van der Waals surface area contributed by atoms with Crippen LogP contribution < -0.4 is 5.48 Å². The first kappa shape index (κ1) is 10.7. The molecule has 1 rings (SSSR count). The van der Waals surface area contributed by atoms with Gasteiger partial charge in [-0.1, -0.05) is 30.3 Å². The molecule has 76 valence electrons. The van der Waals surface area contributed by atoms with E-state index in [2.05, 4.69) is 10.3 Å². The van der Waals surface area contributed by atoms with E-state index in [4.69, 9.17) is 0 Å². The average molecular weight is 193 g/mol. The summed E-state index contributed by atoms with van der Waals surface area (Å²) in [6, 6.07) is 10.2. The Morgan fingerprint density at radius 1 is 1.43 bits per heavy atom. The Morgan fingerprint density at radius 3 is 2.64 bits per heavy atom. The summed E-state index contributed by atoms with van der Waals surface area (Å²) in [6.45, 7) is 3.35. The third-order valence-corrected chi connectivity index (χ3v) is 1.79. The van der Waals surface area contributed by atoms with Gasteiger partial charge >= 0.3 is 5.97 Å². The van der Waals surface area contributed by atoms with Crippen LogP contribution in [0.5, 0.6) is 0 Å². The molecular formula is C11H15NO2. The smallest absolute Gasteiger partial charge is 0.321 e. The molecule has 0 saturated carbocycles. The highest BCUT2D eigenvalue weighted by Gasteiger charge is 2.03. The zero-order valence-electron chi connectivity index (χ0n) is 8.49. The SMILES string of the molecule is CC(=O)ONC(C)Cc1ccccc1. The second kappa shape index (κ2) is 5.40. The molecule has 1 unspecified atom stereocenters. The van der Waals surface area contributed by atoms with E-state index in [-0.39, 0.29) is 12.0 Å². The van der Waals surface area contributed by atoms with Crippen molar-refractivity contribution in [2.75, 3.05) is 0 Å². The van der Waals surface area contributed by atoms with Crippen molar-refractivity contribution in [3.63, 3.8) is 0 Å². The number of benzene rings is 1. The van der Waals surface area contributed by atoms with Gasteiger partial charge in [-0.25, -0.2) is 0 Å². The first-order valence-electron chi connectivity index (χ1n) is 4.65. The minimum atomic E-state index is -0.315. The minimum absolute atomic E-state index is 0.126. The van der Waals surface area contributed by atoms with Crippen molar-refractivity contribution >= 4 is 5.97 Å². The van der Waals surface area contributed by atoms with Crippen LogP contribution in [-0.4, -0.2) is 12.0 Å². The molecule has 0 saturated heterocycles. The molecule has 0 aliphatic carbocycles. The Labute approximate surface area is 84.0 Å². The van der Waals surface area contributed by atoms with E-state index < -0.39 is 0 Å². The molecule has 1 aromatic carbocycles. The molecule has 14 heavy (non-hydrogen) atoms. The fourth-order valence-corrected chi connectivity index (χ4v) is 1.19. The highest BCUT2D eigenvalue weighted by molar-refractivity contribution is 5.65. The summed E-state index contributed by atoms with van der Waals surface area (Å²) in [5, 5.41) is 0. The number of hydrogen-bond acceptors (Lipinski definition) is 3. The second-order valence-corrected chi connectivity index (χ2v) is 3.30. The molecule has 3 nitrogen and oxygen atoms in total. The normalized spacial score (nSPS) is 12.1. The minimum Gasteiger partial charge on any atom is -0.371 e. The number of carbonyl (C=O) groups is 1. The van der Waals surface area contributed by atoms with Gasteiger partial charge in [-0.2, -0.15) is 0 Å². The molecule has 0 spiro atoms.